The molecule has 2 amide bonds. The highest BCUT2D eigenvalue weighted by atomic mass is 16.6. The van der Waals surface area contributed by atoms with Crippen molar-refractivity contribution in [1.82, 2.24) is 10.6 Å². The van der Waals surface area contributed by atoms with E-state index in [1.54, 1.807) is 6.92 Å². The molecule has 0 spiro atoms. The van der Waals surface area contributed by atoms with Gasteiger partial charge in [0.25, 0.3) is 11.6 Å². The summed E-state index contributed by atoms with van der Waals surface area (Å²) >= 11 is 0. The minimum Gasteiger partial charge on any atom is -0.354 e. The fraction of sp³-hybridized carbons (Fsp3) is 0.500. The lowest BCUT2D eigenvalue weighted by molar-refractivity contribution is -0.384. The van der Waals surface area contributed by atoms with Crippen molar-refractivity contribution in [2.45, 2.75) is 39.7 Å². The predicted molar refractivity (Wildman–Crippen MR) is 87.1 cm³/mol. The van der Waals surface area contributed by atoms with Crippen molar-refractivity contribution in [3.8, 4) is 0 Å². The van der Waals surface area contributed by atoms with Crippen LogP contribution in [0, 0.1) is 16.0 Å². The molecule has 1 unspecified atom stereocenters. The molecule has 0 aliphatic rings. The van der Waals surface area contributed by atoms with E-state index in [9.17, 15) is 19.7 Å². The Labute approximate surface area is 135 Å². The van der Waals surface area contributed by atoms with Crippen LogP contribution in [0.15, 0.2) is 24.3 Å². The number of non-ortho nitro benzene ring substituents is 1. The topological polar surface area (TPSA) is 101 Å². The lowest BCUT2D eigenvalue weighted by Crippen LogP contribution is -2.45. The zero-order valence-corrected chi connectivity index (χ0v) is 13.7. The molecule has 0 bridgehead atoms. The molecule has 0 aliphatic heterocycles. The van der Waals surface area contributed by atoms with E-state index in [2.05, 4.69) is 24.5 Å². The first kappa shape index (κ1) is 18.6. The maximum atomic E-state index is 12.0. The zero-order valence-electron chi connectivity index (χ0n) is 13.7. The summed E-state index contributed by atoms with van der Waals surface area (Å²) in [6.45, 7) is 6.37. The molecule has 2 N–H and O–H groups in total. The summed E-state index contributed by atoms with van der Waals surface area (Å²) in [5.74, 6) is -0.205. The predicted octanol–water partition coefficient (Wildman–Crippen LogP) is 2.27. The molecular formula is C16H23N3O4. The summed E-state index contributed by atoms with van der Waals surface area (Å²) in [4.78, 5) is 34.1. The van der Waals surface area contributed by atoms with Gasteiger partial charge in [-0.05, 0) is 31.7 Å². The van der Waals surface area contributed by atoms with Gasteiger partial charge in [0.2, 0.25) is 5.91 Å². The van der Waals surface area contributed by atoms with Crippen molar-refractivity contribution in [3.05, 3.63) is 39.9 Å². The Bertz CT molecular complexity index is 572. The Morgan fingerprint density at radius 2 is 1.96 bits per heavy atom. The lowest BCUT2D eigenvalue weighted by atomic mass is 10.1. The number of benzene rings is 1. The van der Waals surface area contributed by atoms with Gasteiger partial charge in [0.05, 0.1) is 4.92 Å². The lowest BCUT2D eigenvalue weighted by Gasteiger charge is -2.14. The number of amides is 2. The number of nitro groups is 1. The van der Waals surface area contributed by atoms with E-state index in [4.69, 9.17) is 0 Å². The molecule has 1 atom stereocenters. The quantitative estimate of drug-likeness (QED) is 0.435. The summed E-state index contributed by atoms with van der Waals surface area (Å²) in [7, 11) is 0. The summed E-state index contributed by atoms with van der Waals surface area (Å²) in [5, 5.41) is 16.0. The molecule has 0 saturated carbocycles. The number of nitrogens with one attached hydrogen (secondary N) is 2. The van der Waals surface area contributed by atoms with Gasteiger partial charge < -0.3 is 10.6 Å². The summed E-state index contributed by atoms with van der Waals surface area (Å²) in [6, 6.07) is 4.68. The van der Waals surface area contributed by atoms with E-state index in [1.807, 2.05) is 0 Å². The fourth-order valence-corrected chi connectivity index (χ4v) is 1.98. The van der Waals surface area contributed by atoms with Crippen molar-refractivity contribution in [3.63, 3.8) is 0 Å². The number of carbonyl (C=O) groups is 2. The molecule has 0 fully saturated rings. The first-order chi connectivity index (χ1) is 10.8. The third-order valence-corrected chi connectivity index (χ3v) is 3.32. The summed E-state index contributed by atoms with van der Waals surface area (Å²) in [6.07, 6.45) is 1.91. The molecule has 1 aromatic carbocycles. The summed E-state index contributed by atoms with van der Waals surface area (Å²) < 4.78 is 0. The van der Waals surface area contributed by atoms with E-state index in [0.29, 0.717) is 12.5 Å². The molecular weight excluding hydrogens is 298 g/mol. The second-order valence-corrected chi connectivity index (χ2v) is 5.83. The van der Waals surface area contributed by atoms with Crippen LogP contribution in [0.3, 0.4) is 0 Å². The maximum Gasteiger partial charge on any atom is 0.270 e. The number of nitrogens with zero attached hydrogens (tertiary/aromatic N) is 1. The number of hydrogen-bond acceptors (Lipinski definition) is 4. The SMILES string of the molecule is CC(C)CCCNC(=O)C(C)NC(=O)c1cccc([N+](=O)[O-])c1. The van der Waals surface area contributed by atoms with Gasteiger partial charge >= 0.3 is 0 Å². The third-order valence-electron chi connectivity index (χ3n) is 3.32. The van der Waals surface area contributed by atoms with Crippen LogP contribution in [0.5, 0.6) is 0 Å². The van der Waals surface area contributed by atoms with Crippen molar-refractivity contribution in [2.24, 2.45) is 5.92 Å². The van der Waals surface area contributed by atoms with E-state index >= 15 is 0 Å². The van der Waals surface area contributed by atoms with Gasteiger partial charge in [-0.2, -0.15) is 0 Å². The van der Waals surface area contributed by atoms with Crippen molar-refractivity contribution in [1.29, 1.82) is 0 Å². The monoisotopic (exact) mass is 321 g/mol. The van der Waals surface area contributed by atoms with E-state index in [0.717, 1.165) is 12.8 Å². The Hall–Kier alpha value is -2.44. The van der Waals surface area contributed by atoms with Gasteiger partial charge in [-0.25, -0.2) is 0 Å². The molecule has 0 saturated heterocycles. The molecule has 7 heteroatoms. The molecule has 0 aromatic heterocycles. The second kappa shape index (κ2) is 8.87. The largest absolute Gasteiger partial charge is 0.354 e. The van der Waals surface area contributed by atoms with E-state index in [1.165, 1.54) is 24.3 Å². The van der Waals surface area contributed by atoms with Crippen LogP contribution in [0.1, 0.15) is 44.0 Å². The fourth-order valence-electron chi connectivity index (χ4n) is 1.98. The minimum absolute atomic E-state index is 0.152. The van der Waals surface area contributed by atoms with Crippen molar-refractivity contribution >= 4 is 17.5 Å². The van der Waals surface area contributed by atoms with Crippen LogP contribution in [0.4, 0.5) is 5.69 Å². The molecule has 1 rings (SSSR count). The van der Waals surface area contributed by atoms with E-state index < -0.39 is 16.9 Å². The standard InChI is InChI=1S/C16H23N3O4/c1-11(2)6-5-9-17-15(20)12(3)18-16(21)13-7-4-8-14(10-13)19(22)23/h4,7-8,10-12H,5-6,9H2,1-3H3,(H,17,20)(H,18,21). The average molecular weight is 321 g/mol. The molecule has 23 heavy (non-hydrogen) atoms. The number of hydrogen-bond donors (Lipinski definition) is 2. The Morgan fingerprint density at radius 3 is 2.57 bits per heavy atom. The smallest absolute Gasteiger partial charge is 0.270 e. The highest BCUT2D eigenvalue weighted by molar-refractivity contribution is 5.97. The van der Waals surface area contributed by atoms with Crippen LogP contribution in [-0.2, 0) is 4.79 Å². The molecule has 0 aliphatic carbocycles. The van der Waals surface area contributed by atoms with E-state index in [-0.39, 0.29) is 17.2 Å². The van der Waals surface area contributed by atoms with Crippen LogP contribution in [0.25, 0.3) is 0 Å². The molecule has 7 nitrogen and oxygen atoms in total. The molecule has 126 valence electrons. The van der Waals surface area contributed by atoms with Crippen LogP contribution in [0.2, 0.25) is 0 Å². The maximum absolute atomic E-state index is 12.0. The van der Waals surface area contributed by atoms with Gasteiger partial charge in [-0.1, -0.05) is 19.9 Å². The Balaban J connectivity index is 2.51. The first-order valence-corrected chi connectivity index (χ1v) is 7.64. The van der Waals surface area contributed by atoms with Gasteiger partial charge in [-0.3, -0.25) is 19.7 Å². The van der Waals surface area contributed by atoms with Crippen LogP contribution >= 0.6 is 0 Å². The second-order valence-electron chi connectivity index (χ2n) is 5.83. The van der Waals surface area contributed by atoms with Gasteiger partial charge in [0, 0.05) is 24.2 Å². The van der Waals surface area contributed by atoms with Crippen molar-refractivity contribution < 1.29 is 14.5 Å². The molecule has 1 aromatic rings. The first-order valence-electron chi connectivity index (χ1n) is 7.64. The Kier molecular flexibility index (Phi) is 7.18. The van der Waals surface area contributed by atoms with Crippen molar-refractivity contribution in [2.75, 3.05) is 6.54 Å². The van der Waals surface area contributed by atoms with Gasteiger partial charge in [0.1, 0.15) is 6.04 Å². The highest BCUT2D eigenvalue weighted by Gasteiger charge is 2.17. The number of rotatable bonds is 8. The van der Waals surface area contributed by atoms with Gasteiger partial charge in [0.15, 0.2) is 0 Å². The molecule has 0 radical (unpaired) electrons. The minimum atomic E-state index is -0.708. The van der Waals surface area contributed by atoms with Crippen LogP contribution < -0.4 is 10.6 Å². The summed E-state index contributed by atoms with van der Waals surface area (Å²) in [5.41, 5.74) is -0.0119. The number of nitro benzene ring substituents is 1. The average Bonchev–Trinajstić information content (AvgIpc) is 2.51. The Morgan fingerprint density at radius 1 is 1.26 bits per heavy atom. The zero-order chi connectivity index (χ0) is 17.4. The molecule has 0 heterocycles. The van der Waals surface area contributed by atoms with Crippen LogP contribution in [-0.4, -0.2) is 29.3 Å². The number of carbonyl (C=O) groups excluding carboxylic acids is 2. The highest BCUT2D eigenvalue weighted by Crippen LogP contribution is 2.13. The third kappa shape index (κ3) is 6.46. The van der Waals surface area contributed by atoms with Gasteiger partial charge in [-0.15, -0.1) is 0 Å². The normalized spacial score (nSPS) is 11.8.